The van der Waals surface area contributed by atoms with E-state index in [0.717, 1.165) is 11.8 Å². The molecule has 0 saturated heterocycles. The molecule has 0 aliphatic carbocycles. The fourth-order valence-corrected chi connectivity index (χ4v) is 3.22. The van der Waals surface area contributed by atoms with Gasteiger partial charge >= 0.3 is 17.7 Å². The third-order valence-corrected chi connectivity index (χ3v) is 4.90. The molecular weight excluding hydrogens is 452 g/mol. The van der Waals surface area contributed by atoms with Gasteiger partial charge in [-0.1, -0.05) is 41.9 Å². The number of rotatable bonds is 12. The van der Waals surface area contributed by atoms with E-state index in [1.54, 1.807) is 6.92 Å². The summed E-state index contributed by atoms with van der Waals surface area (Å²) in [6.07, 6.45) is 2.68. The lowest BCUT2D eigenvalue weighted by Crippen LogP contribution is -2.25. The van der Waals surface area contributed by atoms with Crippen LogP contribution in [0.3, 0.4) is 0 Å². The van der Waals surface area contributed by atoms with Crippen molar-refractivity contribution in [3.63, 3.8) is 0 Å². The van der Waals surface area contributed by atoms with Crippen LogP contribution in [0.5, 0.6) is 0 Å². The van der Waals surface area contributed by atoms with Crippen LogP contribution < -0.4 is 10.6 Å². The van der Waals surface area contributed by atoms with Gasteiger partial charge in [-0.3, -0.25) is 10.1 Å². The van der Waals surface area contributed by atoms with Gasteiger partial charge in [0.1, 0.15) is 17.9 Å². The summed E-state index contributed by atoms with van der Waals surface area (Å²) in [5, 5.41) is 16.9. The summed E-state index contributed by atoms with van der Waals surface area (Å²) in [5.41, 5.74) is 0.355. The van der Waals surface area contributed by atoms with Gasteiger partial charge in [0.2, 0.25) is 5.15 Å². The van der Waals surface area contributed by atoms with E-state index in [9.17, 15) is 19.7 Å². The molecule has 1 aromatic heterocycles. The molecule has 0 aliphatic rings. The third kappa shape index (κ3) is 8.23. The number of carbonyl (C=O) groups is 2. The van der Waals surface area contributed by atoms with Crippen LogP contribution in [0.2, 0.25) is 5.15 Å². The fourth-order valence-electron chi connectivity index (χ4n) is 3.01. The smallest absolute Gasteiger partial charge is 0.407 e. The molecule has 1 atom stereocenters. The number of anilines is 1. The van der Waals surface area contributed by atoms with E-state index in [2.05, 4.69) is 15.6 Å². The van der Waals surface area contributed by atoms with Crippen molar-refractivity contribution < 1.29 is 24.0 Å². The Kier molecular flexibility index (Phi) is 10.4. The molecule has 0 saturated carbocycles. The Balaban J connectivity index is 1.83. The number of nitrogens with one attached hydrogen (secondary N) is 2. The number of alkyl carbamates (subject to hydrolysis) is 1. The molecule has 2 N–H and O–H groups in total. The van der Waals surface area contributed by atoms with Gasteiger partial charge in [-0.15, -0.1) is 0 Å². The van der Waals surface area contributed by atoms with Crippen molar-refractivity contribution in [1.82, 2.24) is 10.3 Å². The van der Waals surface area contributed by atoms with E-state index in [0.29, 0.717) is 25.8 Å². The van der Waals surface area contributed by atoms with Gasteiger partial charge < -0.3 is 20.1 Å². The fraction of sp³-hybridized carbons (Fsp3) is 0.409. The number of amides is 1. The zero-order valence-corrected chi connectivity index (χ0v) is 19.3. The predicted molar refractivity (Wildman–Crippen MR) is 123 cm³/mol. The lowest BCUT2D eigenvalue weighted by molar-refractivity contribution is -0.384. The number of hydrogen-bond acceptors (Lipinski definition) is 8. The molecule has 11 heteroatoms. The monoisotopic (exact) mass is 478 g/mol. The summed E-state index contributed by atoms with van der Waals surface area (Å²) in [6.45, 7) is 4.20. The summed E-state index contributed by atoms with van der Waals surface area (Å²) in [4.78, 5) is 38.5. The van der Waals surface area contributed by atoms with Crippen LogP contribution >= 0.6 is 11.6 Å². The summed E-state index contributed by atoms with van der Waals surface area (Å²) in [6, 6.07) is 9.15. The number of esters is 1. The maximum Gasteiger partial charge on any atom is 0.407 e. The van der Waals surface area contributed by atoms with Crippen molar-refractivity contribution in [2.45, 2.75) is 45.8 Å². The summed E-state index contributed by atoms with van der Waals surface area (Å²) in [5.74, 6) is -0.724. The quantitative estimate of drug-likeness (QED) is 0.147. The Morgan fingerprint density at radius 2 is 1.94 bits per heavy atom. The maximum absolute atomic E-state index is 12.2. The Hall–Kier alpha value is -3.40. The Bertz CT molecular complexity index is 957. The second-order valence-electron chi connectivity index (χ2n) is 7.19. The highest BCUT2D eigenvalue weighted by Gasteiger charge is 2.28. The van der Waals surface area contributed by atoms with Crippen LogP contribution in [0.15, 0.2) is 36.5 Å². The number of halogens is 1. The number of benzene rings is 1. The first-order valence-corrected chi connectivity index (χ1v) is 10.9. The number of ether oxygens (including phenoxy) is 2. The van der Waals surface area contributed by atoms with E-state index in [-0.39, 0.29) is 35.7 Å². The van der Waals surface area contributed by atoms with E-state index in [4.69, 9.17) is 21.1 Å². The number of nitrogens with zero attached hydrogens (tertiary/aromatic N) is 2. The van der Waals surface area contributed by atoms with Crippen molar-refractivity contribution in [1.29, 1.82) is 0 Å². The van der Waals surface area contributed by atoms with Crippen molar-refractivity contribution in [2.24, 2.45) is 0 Å². The molecule has 178 valence electrons. The number of unbranched alkanes of at least 4 members (excludes halogenated alkanes) is 1. The zero-order chi connectivity index (χ0) is 24.2. The van der Waals surface area contributed by atoms with Gasteiger partial charge in [0.05, 0.1) is 11.5 Å². The van der Waals surface area contributed by atoms with E-state index < -0.39 is 22.7 Å². The molecular formula is C22H27ClN4O6. The van der Waals surface area contributed by atoms with Crippen molar-refractivity contribution in [3.8, 4) is 0 Å². The topological polar surface area (TPSA) is 133 Å². The Morgan fingerprint density at radius 1 is 1.21 bits per heavy atom. The van der Waals surface area contributed by atoms with Crippen LogP contribution in [0.4, 0.5) is 16.2 Å². The van der Waals surface area contributed by atoms with Gasteiger partial charge in [0.15, 0.2) is 0 Å². The molecule has 2 rings (SSSR count). The zero-order valence-electron chi connectivity index (χ0n) is 18.5. The van der Waals surface area contributed by atoms with Gasteiger partial charge in [0.25, 0.3) is 0 Å². The first kappa shape index (κ1) is 25.9. The second-order valence-corrected chi connectivity index (χ2v) is 7.55. The largest absolute Gasteiger partial charge is 0.462 e. The number of hydrogen-bond donors (Lipinski definition) is 2. The molecule has 1 amide bonds. The molecule has 0 bridgehead atoms. The lowest BCUT2D eigenvalue weighted by Gasteiger charge is -2.18. The van der Waals surface area contributed by atoms with E-state index in [1.807, 2.05) is 37.3 Å². The maximum atomic E-state index is 12.2. The minimum Gasteiger partial charge on any atom is -0.462 e. The summed E-state index contributed by atoms with van der Waals surface area (Å²) < 4.78 is 10.1. The normalized spacial score (nSPS) is 11.4. The number of pyridine rings is 1. The van der Waals surface area contributed by atoms with Crippen LogP contribution in [-0.4, -0.2) is 41.2 Å². The first-order chi connectivity index (χ1) is 15.8. The van der Waals surface area contributed by atoms with Gasteiger partial charge in [-0.05, 0) is 38.7 Å². The standard InChI is InChI=1S/C22H27ClN4O6/c1-3-32-21(28)17-13-25-20(23)19(27(30)31)18(17)26-15(2)9-7-8-12-24-22(29)33-14-16-10-5-4-6-11-16/h4-6,10-11,13,15H,3,7-9,12,14H2,1-2H3,(H,24,29)(H,25,26)/t15-/m0/s1. The SMILES string of the molecule is CCOC(=O)c1cnc(Cl)c([N+](=O)[O-])c1N[C@@H](C)CCCCNC(=O)OCc1ccccc1. The van der Waals surface area contributed by atoms with Gasteiger partial charge in [-0.25, -0.2) is 14.6 Å². The predicted octanol–water partition coefficient (Wildman–Crippen LogP) is 4.72. The molecule has 10 nitrogen and oxygen atoms in total. The Labute approximate surface area is 196 Å². The molecule has 0 radical (unpaired) electrons. The Morgan fingerprint density at radius 3 is 2.61 bits per heavy atom. The minimum absolute atomic E-state index is 0.0198. The van der Waals surface area contributed by atoms with Crippen LogP contribution in [-0.2, 0) is 16.1 Å². The van der Waals surface area contributed by atoms with Crippen molar-refractivity contribution in [2.75, 3.05) is 18.5 Å². The second kappa shape index (κ2) is 13.2. The molecule has 0 unspecified atom stereocenters. The van der Waals surface area contributed by atoms with Gasteiger partial charge in [0, 0.05) is 18.8 Å². The number of aromatic nitrogens is 1. The molecule has 0 aliphatic heterocycles. The summed E-state index contributed by atoms with van der Waals surface area (Å²) in [7, 11) is 0. The highest BCUT2D eigenvalue weighted by atomic mass is 35.5. The van der Waals surface area contributed by atoms with E-state index in [1.165, 1.54) is 0 Å². The van der Waals surface area contributed by atoms with Crippen LogP contribution in [0.25, 0.3) is 0 Å². The minimum atomic E-state index is -0.724. The van der Waals surface area contributed by atoms with Crippen LogP contribution in [0.1, 0.15) is 49.0 Å². The first-order valence-electron chi connectivity index (χ1n) is 10.5. The third-order valence-electron chi connectivity index (χ3n) is 4.62. The molecule has 0 spiro atoms. The highest BCUT2D eigenvalue weighted by Crippen LogP contribution is 2.35. The highest BCUT2D eigenvalue weighted by molar-refractivity contribution is 6.32. The molecule has 2 aromatic rings. The average Bonchev–Trinajstić information content (AvgIpc) is 2.78. The van der Waals surface area contributed by atoms with Crippen LogP contribution in [0, 0.1) is 10.1 Å². The number of carbonyl (C=O) groups excluding carboxylic acids is 2. The molecule has 0 fully saturated rings. The number of nitro groups is 1. The summed E-state index contributed by atoms with van der Waals surface area (Å²) >= 11 is 5.90. The average molecular weight is 479 g/mol. The lowest BCUT2D eigenvalue weighted by atomic mass is 10.1. The molecule has 1 aromatic carbocycles. The molecule has 1 heterocycles. The van der Waals surface area contributed by atoms with E-state index >= 15 is 0 Å². The van der Waals surface area contributed by atoms with Crippen molar-refractivity contribution >= 4 is 35.0 Å². The van der Waals surface area contributed by atoms with Crippen molar-refractivity contribution in [3.05, 3.63) is 62.9 Å². The molecule has 33 heavy (non-hydrogen) atoms. The van der Waals surface area contributed by atoms with Gasteiger partial charge in [-0.2, -0.15) is 0 Å².